The van der Waals surface area contributed by atoms with Gasteiger partial charge in [-0.15, -0.1) is 0 Å². The Morgan fingerprint density at radius 2 is 1.93 bits per heavy atom. The van der Waals surface area contributed by atoms with Gasteiger partial charge >= 0.3 is 5.97 Å². The molecule has 0 heterocycles. The normalized spacial score (nSPS) is 9.89. The number of ether oxygens (including phenoxy) is 1. The summed E-state index contributed by atoms with van der Waals surface area (Å²) in [5, 5.41) is 19.7. The number of rotatable bonds is 7. The number of esters is 1. The van der Waals surface area contributed by atoms with Gasteiger partial charge in [-0.2, -0.15) is 5.26 Å². The van der Waals surface area contributed by atoms with E-state index in [1.807, 2.05) is 6.07 Å². The zero-order valence-electron chi connectivity index (χ0n) is 14.2. The largest absolute Gasteiger partial charge is 0.452 e. The molecule has 0 bridgehead atoms. The first kappa shape index (κ1) is 19.4. The molecule has 2 rings (SSSR count). The number of carbonyl (C=O) groups is 2. The molecule has 0 aromatic heterocycles. The van der Waals surface area contributed by atoms with Crippen LogP contribution in [0, 0.1) is 21.4 Å². The summed E-state index contributed by atoms with van der Waals surface area (Å²) < 4.78 is 4.97. The second-order valence-corrected chi connectivity index (χ2v) is 5.40. The third-order valence-corrected chi connectivity index (χ3v) is 3.61. The van der Waals surface area contributed by atoms with E-state index < -0.39 is 29.1 Å². The number of para-hydroxylation sites is 1. The van der Waals surface area contributed by atoms with Crippen LogP contribution in [-0.2, 0) is 9.53 Å². The fourth-order valence-electron chi connectivity index (χ4n) is 2.28. The van der Waals surface area contributed by atoms with Gasteiger partial charge in [0, 0.05) is 18.3 Å². The first-order valence-electron chi connectivity index (χ1n) is 7.87. The third kappa shape index (κ3) is 5.02. The van der Waals surface area contributed by atoms with Crippen molar-refractivity contribution in [1.82, 2.24) is 0 Å². The lowest BCUT2D eigenvalue weighted by molar-refractivity contribution is -0.383. The molecule has 0 unspecified atom stereocenters. The second-order valence-electron chi connectivity index (χ2n) is 5.40. The summed E-state index contributed by atoms with van der Waals surface area (Å²) in [6.45, 7) is -0.429. The van der Waals surface area contributed by atoms with Gasteiger partial charge in [0.2, 0.25) is 0 Å². The molecule has 138 valence electrons. The van der Waals surface area contributed by atoms with Crippen molar-refractivity contribution in [3.05, 3.63) is 64.2 Å². The molecular weight excluding hydrogens is 352 g/mol. The van der Waals surface area contributed by atoms with Gasteiger partial charge in [-0.3, -0.25) is 14.9 Å². The van der Waals surface area contributed by atoms with Crippen LogP contribution in [0.3, 0.4) is 0 Å². The average Bonchev–Trinajstić information content (AvgIpc) is 2.67. The van der Waals surface area contributed by atoms with Gasteiger partial charge in [0.1, 0.15) is 5.69 Å². The molecule has 1 amide bonds. The molecule has 0 fully saturated rings. The Morgan fingerprint density at radius 3 is 2.56 bits per heavy atom. The van der Waals surface area contributed by atoms with E-state index in [1.54, 1.807) is 30.3 Å². The number of hydrogen-bond donors (Lipinski definition) is 1. The molecule has 9 heteroatoms. The topological polar surface area (TPSA) is 140 Å². The van der Waals surface area contributed by atoms with Gasteiger partial charge in [0.25, 0.3) is 11.6 Å². The lowest BCUT2D eigenvalue weighted by Crippen LogP contribution is -2.35. The molecule has 0 spiro atoms. The first-order valence-corrected chi connectivity index (χ1v) is 7.87. The molecule has 2 aromatic rings. The maximum atomic E-state index is 12.4. The predicted octanol–water partition coefficient (Wildman–Crippen LogP) is 2.28. The number of nitrogens with zero attached hydrogens (tertiary/aromatic N) is 3. The smallest absolute Gasteiger partial charge is 0.338 e. The van der Waals surface area contributed by atoms with Crippen LogP contribution in [-0.4, -0.2) is 30.0 Å². The lowest BCUT2D eigenvalue weighted by Gasteiger charge is -2.21. The second kappa shape index (κ2) is 8.96. The maximum absolute atomic E-state index is 12.4. The summed E-state index contributed by atoms with van der Waals surface area (Å²) in [6.07, 6.45) is 0.110. The van der Waals surface area contributed by atoms with E-state index in [9.17, 15) is 19.7 Å². The van der Waals surface area contributed by atoms with Gasteiger partial charge in [0.15, 0.2) is 6.61 Å². The highest BCUT2D eigenvalue weighted by Crippen LogP contribution is 2.22. The molecule has 0 aliphatic carbocycles. The summed E-state index contributed by atoms with van der Waals surface area (Å²) in [7, 11) is 0. The maximum Gasteiger partial charge on any atom is 0.338 e. The van der Waals surface area contributed by atoms with Gasteiger partial charge in [0.05, 0.1) is 23.0 Å². The number of nitriles is 1. The van der Waals surface area contributed by atoms with E-state index in [0.29, 0.717) is 5.69 Å². The number of anilines is 2. The average molecular weight is 368 g/mol. The van der Waals surface area contributed by atoms with Gasteiger partial charge < -0.3 is 15.4 Å². The number of nitro groups is 1. The third-order valence-electron chi connectivity index (χ3n) is 3.61. The predicted molar refractivity (Wildman–Crippen MR) is 96.8 cm³/mol. The van der Waals surface area contributed by atoms with Gasteiger partial charge in [-0.05, 0) is 24.3 Å². The monoisotopic (exact) mass is 368 g/mol. The molecule has 0 atom stereocenters. The van der Waals surface area contributed by atoms with Crippen molar-refractivity contribution in [2.75, 3.05) is 23.8 Å². The summed E-state index contributed by atoms with van der Waals surface area (Å²) in [5.74, 6) is -1.41. The number of benzene rings is 2. The highest BCUT2D eigenvalue weighted by atomic mass is 16.6. The Hall–Kier alpha value is -3.93. The first-order chi connectivity index (χ1) is 12.9. The number of nitrogens with two attached hydrogens (primary N) is 1. The lowest BCUT2D eigenvalue weighted by atomic mass is 10.2. The summed E-state index contributed by atoms with van der Waals surface area (Å²) >= 11 is 0. The summed E-state index contributed by atoms with van der Waals surface area (Å²) in [5.41, 5.74) is 5.45. The molecule has 9 nitrogen and oxygen atoms in total. The summed E-state index contributed by atoms with van der Waals surface area (Å²) in [4.78, 5) is 36.0. The van der Waals surface area contributed by atoms with Crippen LogP contribution in [0.15, 0.2) is 48.5 Å². The van der Waals surface area contributed by atoms with Crippen LogP contribution < -0.4 is 10.6 Å². The van der Waals surface area contributed by atoms with Crippen molar-refractivity contribution < 1.29 is 19.2 Å². The van der Waals surface area contributed by atoms with Crippen molar-refractivity contribution in [2.45, 2.75) is 6.42 Å². The van der Waals surface area contributed by atoms with Crippen LogP contribution >= 0.6 is 0 Å². The Kier molecular flexibility index (Phi) is 6.44. The molecular formula is C18H16N4O5. The molecule has 0 radical (unpaired) electrons. The van der Waals surface area contributed by atoms with E-state index in [1.165, 1.54) is 17.0 Å². The minimum Gasteiger partial charge on any atom is -0.452 e. The number of hydrogen-bond acceptors (Lipinski definition) is 7. The van der Waals surface area contributed by atoms with Crippen molar-refractivity contribution >= 4 is 28.9 Å². The zero-order chi connectivity index (χ0) is 19.8. The molecule has 2 N–H and O–H groups in total. The highest BCUT2D eigenvalue weighted by Gasteiger charge is 2.20. The number of carbonyl (C=O) groups excluding carboxylic acids is 2. The van der Waals surface area contributed by atoms with E-state index in [2.05, 4.69) is 0 Å². The van der Waals surface area contributed by atoms with Crippen molar-refractivity contribution in [3.8, 4) is 6.07 Å². The Morgan fingerprint density at radius 1 is 1.22 bits per heavy atom. The van der Waals surface area contributed by atoms with E-state index in [4.69, 9.17) is 15.7 Å². The zero-order valence-corrected chi connectivity index (χ0v) is 14.2. The van der Waals surface area contributed by atoms with E-state index in [-0.39, 0.29) is 24.2 Å². The van der Waals surface area contributed by atoms with Crippen LogP contribution in [0.2, 0.25) is 0 Å². The fraction of sp³-hybridized carbons (Fsp3) is 0.167. The van der Waals surface area contributed by atoms with Crippen molar-refractivity contribution in [2.24, 2.45) is 0 Å². The molecule has 0 saturated heterocycles. The van der Waals surface area contributed by atoms with Crippen LogP contribution in [0.1, 0.15) is 16.8 Å². The number of amides is 1. The van der Waals surface area contributed by atoms with Crippen LogP contribution in [0.5, 0.6) is 0 Å². The standard InChI is InChI=1S/C18H16N4O5/c19-9-4-10-21(14-5-2-1-3-6-14)17(23)12-27-18(24)13-7-8-15(20)16(11-13)22(25)26/h1-3,5-8,11H,4,10,12,20H2. The van der Waals surface area contributed by atoms with E-state index in [0.717, 1.165) is 6.07 Å². The van der Waals surface area contributed by atoms with Crippen LogP contribution in [0.25, 0.3) is 0 Å². The van der Waals surface area contributed by atoms with Gasteiger partial charge in [-0.1, -0.05) is 18.2 Å². The minimum atomic E-state index is -0.889. The molecule has 0 aliphatic rings. The quantitative estimate of drug-likeness (QED) is 0.342. The van der Waals surface area contributed by atoms with Crippen LogP contribution in [0.4, 0.5) is 17.1 Å². The Bertz CT molecular complexity index is 892. The van der Waals surface area contributed by atoms with Crippen molar-refractivity contribution in [3.63, 3.8) is 0 Å². The number of nitrogen functional groups attached to an aromatic ring is 1. The molecule has 0 saturated carbocycles. The molecule has 2 aromatic carbocycles. The SMILES string of the molecule is N#CCCN(C(=O)COC(=O)c1ccc(N)c([N+](=O)[O-])c1)c1ccccc1. The molecule has 0 aliphatic heterocycles. The molecule has 27 heavy (non-hydrogen) atoms. The Labute approximate surface area is 154 Å². The number of nitro benzene ring substituents is 1. The fourth-order valence-corrected chi connectivity index (χ4v) is 2.28. The van der Waals surface area contributed by atoms with E-state index >= 15 is 0 Å². The highest BCUT2D eigenvalue weighted by molar-refractivity contribution is 5.97. The Balaban J connectivity index is 2.08. The summed E-state index contributed by atoms with van der Waals surface area (Å²) in [6, 6.07) is 14.1. The minimum absolute atomic E-state index is 0.0839. The van der Waals surface area contributed by atoms with Gasteiger partial charge in [-0.25, -0.2) is 4.79 Å². The van der Waals surface area contributed by atoms with Crippen molar-refractivity contribution in [1.29, 1.82) is 5.26 Å².